The number of rotatable bonds is 7. The highest BCUT2D eigenvalue weighted by atomic mass is 16.4. The standard InChI is InChI=1S/C18H18N2O5/c21-15-9-5-4-8-13(15)10-14(18(24)25)20-16(22)11-19-17(23)12-6-2-1-3-7-12/h1-9,14,21H,10-11H2,(H,19,23)(H,20,22)(H,24,25)/t14-/m0/s1. The molecule has 0 bridgehead atoms. The molecule has 1 atom stereocenters. The molecule has 25 heavy (non-hydrogen) atoms. The summed E-state index contributed by atoms with van der Waals surface area (Å²) >= 11 is 0. The van der Waals surface area contributed by atoms with E-state index in [0.717, 1.165) is 0 Å². The molecule has 2 amide bonds. The molecule has 0 aromatic heterocycles. The number of phenolic OH excluding ortho intramolecular Hbond substituents is 1. The second-order valence-electron chi connectivity index (χ2n) is 5.34. The normalized spacial score (nSPS) is 11.4. The number of benzene rings is 2. The van der Waals surface area contributed by atoms with Crippen LogP contribution in [0.15, 0.2) is 54.6 Å². The topological polar surface area (TPSA) is 116 Å². The van der Waals surface area contributed by atoms with E-state index < -0.39 is 23.8 Å². The van der Waals surface area contributed by atoms with Crippen molar-refractivity contribution in [3.05, 3.63) is 65.7 Å². The molecule has 130 valence electrons. The monoisotopic (exact) mass is 342 g/mol. The minimum atomic E-state index is -1.23. The van der Waals surface area contributed by atoms with Gasteiger partial charge in [-0.2, -0.15) is 0 Å². The van der Waals surface area contributed by atoms with E-state index in [2.05, 4.69) is 10.6 Å². The van der Waals surface area contributed by atoms with Crippen LogP contribution in [0.25, 0.3) is 0 Å². The van der Waals surface area contributed by atoms with Crippen LogP contribution >= 0.6 is 0 Å². The second-order valence-corrected chi connectivity index (χ2v) is 5.34. The summed E-state index contributed by atoms with van der Waals surface area (Å²) in [5, 5.41) is 23.7. The van der Waals surface area contributed by atoms with Crippen molar-refractivity contribution in [2.45, 2.75) is 12.5 Å². The van der Waals surface area contributed by atoms with Gasteiger partial charge in [-0.3, -0.25) is 9.59 Å². The number of carboxylic acid groups (broad SMARTS) is 1. The number of nitrogens with one attached hydrogen (secondary N) is 2. The van der Waals surface area contributed by atoms with Gasteiger partial charge in [0.25, 0.3) is 5.91 Å². The fraction of sp³-hybridized carbons (Fsp3) is 0.167. The number of amides is 2. The lowest BCUT2D eigenvalue weighted by Gasteiger charge is -2.15. The number of carboxylic acids is 1. The lowest BCUT2D eigenvalue weighted by atomic mass is 10.0. The number of hydrogen-bond donors (Lipinski definition) is 4. The van der Waals surface area contributed by atoms with Crippen molar-refractivity contribution >= 4 is 17.8 Å². The van der Waals surface area contributed by atoms with Crippen LogP contribution < -0.4 is 10.6 Å². The molecule has 2 aromatic carbocycles. The van der Waals surface area contributed by atoms with E-state index >= 15 is 0 Å². The minimum Gasteiger partial charge on any atom is -0.508 e. The van der Waals surface area contributed by atoms with Gasteiger partial charge >= 0.3 is 5.97 Å². The third kappa shape index (κ3) is 5.35. The summed E-state index contributed by atoms with van der Waals surface area (Å²) in [5.74, 6) is -2.33. The molecule has 2 aromatic rings. The molecule has 0 saturated carbocycles. The van der Waals surface area contributed by atoms with Crippen LogP contribution in [-0.2, 0) is 16.0 Å². The Morgan fingerprint density at radius 3 is 2.24 bits per heavy atom. The third-order valence-corrected chi connectivity index (χ3v) is 3.49. The first-order chi connectivity index (χ1) is 12.0. The van der Waals surface area contributed by atoms with Crippen molar-refractivity contribution < 1.29 is 24.6 Å². The summed E-state index contributed by atoms with van der Waals surface area (Å²) in [4.78, 5) is 35.1. The molecule has 0 radical (unpaired) electrons. The number of aromatic hydroxyl groups is 1. The zero-order valence-corrected chi connectivity index (χ0v) is 13.3. The van der Waals surface area contributed by atoms with Crippen molar-refractivity contribution in [2.24, 2.45) is 0 Å². The Balaban J connectivity index is 1.91. The first-order valence-corrected chi connectivity index (χ1v) is 7.59. The number of carbonyl (C=O) groups is 3. The predicted molar refractivity (Wildman–Crippen MR) is 90.2 cm³/mol. The summed E-state index contributed by atoms with van der Waals surface area (Å²) in [6.45, 7) is -0.349. The van der Waals surface area contributed by atoms with E-state index in [0.29, 0.717) is 11.1 Å². The van der Waals surface area contributed by atoms with Gasteiger partial charge in [0.2, 0.25) is 5.91 Å². The Morgan fingerprint density at radius 2 is 1.60 bits per heavy atom. The maximum atomic E-state index is 11.9. The van der Waals surface area contributed by atoms with Gasteiger partial charge in [-0.15, -0.1) is 0 Å². The van der Waals surface area contributed by atoms with Gasteiger partial charge < -0.3 is 20.8 Å². The molecule has 4 N–H and O–H groups in total. The predicted octanol–water partition coefficient (Wildman–Crippen LogP) is 0.934. The van der Waals surface area contributed by atoms with E-state index in [1.54, 1.807) is 48.5 Å². The third-order valence-electron chi connectivity index (χ3n) is 3.49. The summed E-state index contributed by atoms with van der Waals surface area (Å²) in [6.07, 6.45) is -0.0691. The van der Waals surface area contributed by atoms with E-state index in [1.807, 2.05) is 0 Å². The van der Waals surface area contributed by atoms with Gasteiger partial charge in [-0.25, -0.2) is 4.79 Å². The van der Waals surface area contributed by atoms with Crippen LogP contribution in [0, 0.1) is 0 Å². The zero-order chi connectivity index (χ0) is 18.2. The van der Waals surface area contributed by atoms with E-state index in [-0.39, 0.29) is 18.7 Å². The highest BCUT2D eigenvalue weighted by Crippen LogP contribution is 2.17. The average Bonchev–Trinajstić information content (AvgIpc) is 2.61. The molecule has 0 unspecified atom stereocenters. The van der Waals surface area contributed by atoms with Crippen LogP contribution in [0.2, 0.25) is 0 Å². The highest BCUT2D eigenvalue weighted by Gasteiger charge is 2.21. The molecular weight excluding hydrogens is 324 g/mol. The summed E-state index contributed by atoms with van der Waals surface area (Å²) in [6, 6.07) is 13.4. The van der Waals surface area contributed by atoms with Gasteiger partial charge in [-0.1, -0.05) is 36.4 Å². The van der Waals surface area contributed by atoms with E-state index in [1.165, 1.54) is 6.07 Å². The average molecular weight is 342 g/mol. The highest BCUT2D eigenvalue weighted by molar-refractivity contribution is 5.96. The molecular formula is C18H18N2O5. The Labute approximate surface area is 144 Å². The van der Waals surface area contributed by atoms with E-state index in [4.69, 9.17) is 0 Å². The molecule has 0 saturated heterocycles. The fourth-order valence-corrected chi connectivity index (χ4v) is 2.20. The molecule has 0 spiro atoms. The maximum absolute atomic E-state index is 11.9. The molecule has 0 fully saturated rings. The number of phenols is 1. The minimum absolute atomic E-state index is 0.0413. The van der Waals surface area contributed by atoms with Crippen LogP contribution in [0.4, 0.5) is 0 Å². The molecule has 2 rings (SSSR count). The number of aliphatic carboxylic acids is 1. The summed E-state index contributed by atoms with van der Waals surface area (Å²) in [5.41, 5.74) is 0.808. The first kappa shape index (κ1) is 18.0. The van der Waals surface area contributed by atoms with E-state index in [9.17, 15) is 24.6 Å². The SMILES string of the molecule is O=C(CNC(=O)c1ccccc1)N[C@@H](Cc1ccccc1O)C(=O)O. The van der Waals surface area contributed by atoms with Crippen LogP contribution in [0.1, 0.15) is 15.9 Å². The quantitative estimate of drug-likeness (QED) is 0.597. The Hall–Kier alpha value is -3.35. The van der Waals surface area contributed by atoms with Crippen molar-refractivity contribution in [1.29, 1.82) is 0 Å². The van der Waals surface area contributed by atoms with Crippen LogP contribution in [0.3, 0.4) is 0 Å². The second kappa shape index (κ2) is 8.49. The summed E-state index contributed by atoms with van der Waals surface area (Å²) < 4.78 is 0. The number of carbonyl (C=O) groups excluding carboxylic acids is 2. The fourth-order valence-electron chi connectivity index (χ4n) is 2.20. The van der Waals surface area contributed by atoms with Gasteiger partial charge in [0.05, 0.1) is 6.54 Å². The lowest BCUT2D eigenvalue weighted by Crippen LogP contribution is -2.46. The Kier molecular flexibility index (Phi) is 6.11. The van der Waals surface area contributed by atoms with Gasteiger partial charge in [-0.05, 0) is 23.8 Å². The van der Waals surface area contributed by atoms with Crippen molar-refractivity contribution in [3.8, 4) is 5.75 Å². The Morgan fingerprint density at radius 1 is 0.960 bits per heavy atom. The lowest BCUT2D eigenvalue weighted by molar-refractivity contribution is -0.141. The van der Waals surface area contributed by atoms with Gasteiger partial charge in [0.15, 0.2) is 0 Å². The molecule has 0 heterocycles. The molecule has 0 aliphatic rings. The first-order valence-electron chi connectivity index (χ1n) is 7.59. The van der Waals surface area contributed by atoms with Crippen LogP contribution in [-0.4, -0.2) is 40.6 Å². The van der Waals surface area contributed by atoms with Crippen molar-refractivity contribution in [3.63, 3.8) is 0 Å². The molecule has 0 aliphatic carbocycles. The van der Waals surface area contributed by atoms with Gasteiger partial charge in [0, 0.05) is 12.0 Å². The zero-order valence-electron chi connectivity index (χ0n) is 13.3. The number of para-hydroxylation sites is 1. The molecule has 7 heteroatoms. The number of hydrogen-bond acceptors (Lipinski definition) is 4. The molecule has 7 nitrogen and oxygen atoms in total. The maximum Gasteiger partial charge on any atom is 0.326 e. The largest absolute Gasteiger partial charge is 0.508 e. The smallest absolute Gasteiger partial charge is 0.326 e. The van der Waals surface area contributed by atoms with Crippen LogP contribution in [0.5, 0.6) is 5.75 Å². The Bertz CT molecular complexity index is 761. The van der Waals surface area contributed by atoms with Crippen molar-refractivity contribution in [1.82, 2.24) is 10.6 Å². The summed E-state index contributed by atoms with van der Waals surface area (Å²) in [7, 11) is 0. The van der Waals surface area contributed by atoms with Gasteiger partial charge in [0.1, 0.15) is 11.8 Å². The molecule has 0 aliphatic heterocycles. The van der Waals surface area contributed by atoms with Crippen molar-refractivity contribution in [2.75, 3.05) is 6.54 Å².